The van der Waals surface area contributed by atoms with Crippen molar-refractivity contribution in [3.8, 4) is 0 Å². The molecular formula is C17H25NO2. The molecule has 0 saturated heterocycles. The fourth-order valence-electron chi connectivity index (χ4n) is 2.04. The number of amides is 1. The third kappa shape index (κ3) is 4.80. The van der Waals surface area contributed by atoms with Crippen LogP contribution in [0.25, 0.3) is 0 Å². The van der Waals surface area contributed by atoms with Crippen molar-refractivity contribution in [1.29, 1.82) is 0 Å². The maximum atomic E-state index is 12.3. The van der Waals surface area contributed by atoms with Gasteiger partial charge in [-0.25, -0.2) is 0 Å². The predicted octanol–water partition coefficient (Wildman–Crippen LogP) is 2.99. The Hall–Kier alpha value is -1.64. The van der Waals surface area contributed by atoms with Gasteiger partial charge in [0, 0.05) is 5.92 Å². The fraction of sp³-hybridized carbons (Fsp3) is 0.529. The summed E-state index contributed by atoms with van der Waals surface area (Å²) in [7, 11) is 0. The van der Waals surface area contributed by atoms with Crippen molar-refractivity contribution >= 4 is 11.7 Å². The molecule has 110 valence electrons. The van der Waals surface area contributed by atoms with Gasteiger partial charge in [-0.3, -0.25) is 9.59 Å². The van der Waals surface area contributed by atoms with Gasteiger partial charge in [-0.05, 0) is 11.0 Å². The largest absolute Gasteiger partial charge is 0.345 e. The first-order valence-corrected chi connectivity index (χ1v) is 7.09. The monoisotopic (exact) mass is 275 g/mol. The molecule has 0 aliphatic heterocycles. The summed E-state index contributed by atoms with van der Waals surface area (Å²) >= 11 is 0. The van der Waals surface area contributed by atoms with Gasteiger partial charge in [0.1, 0.15) is 0 Å². The third-order valence-corrected chi connectivity index (χ3v) is 3.23. The summed E-state index contributed by atoms with van der Waals surface area (Å²) in [6, 6.07) is 9.11. The molecular weight excluding hydrogens is 250 g/mol. The van der Waals surface area contributed by atoms with Gasteiger partial charge in [0.15, 0.2) is 5.78 Å². The molecule has 1 N–H and O–H groups in total. The van der Waals surface area contributed by atoms with Gasteiger partial charge in [0.2, 0.25) is 5.91 Å². The summed E-state index contributed by atoms with van der Waals surface area (Å²) in [5, 5.41) is 2.90. The second kappa shape index (κ2) is 6.69. The average Bonchev–Trinajstić information content (AvgIpc) is 2.35. The van der Waals surface area contributed by atoms with Crippen LogP contribution in [0.3, 0.4) is 0 Å². The lowest BCUT2D eigenvalue weighted by molar-refractivity contribution is -0.131. The minimum absolute atomic E-state index is 0.0823. The van der Waals surface area contributed by atoms with Gasteiger partial charge < -0.3 is 5.32 Å². The molecule has 20 heavy (non-hydrogen) atoms. The Bertz CT molecular complexity index is 458. The molecule has 0 heterocycles. The van der Waals surface area contributed by atoms with Crippen molar-refractivity contribution < 1.29 is 9.59 Å². The number of hydrogen-bond donors (Lipinski definition) is 1. The molecule has 0 aliphatic carbocycles. The molecule has 1 rings (SSSR count). The zero-order valence-electron chi connectivity index (χ0n) is 13.1. The second-order valence-electron chi connectivity index (χ2n) is 6.59. The van der Waals surface area contributed by atoms with Crippen LogP contribution in [0.2, 0.25) is 0 Å². The highest BCUT2D eigenvalue weighted by atomic mass is 16.2. The lowest BCUT2D eigenvalue weighted by Crippen LogP contribution is -2.51. The smallest absolute Gasteiger partial charge is 0.225 e. The van der Waals surface area contributed by atoms with Crippen LogP contribution in [0.15, 0.2) is 30.3 Å². The Balaban J connectivity index is 2.75. The van der Waals surface area contributed by atoms with E-state index in [9.17, 15) is 9.59 Å². The lowest BCUT2D eigenvalue weighted by Gasteiger charge is -2.31. The van der Waals surface area contributed by atoms with Crippen LogP contribution >= 0.6 is 0 Å². The van der Waals surface area contributed by atoms with Crippen molar-refractivity contribution in [2.75, 3.05) is 0 Å². The van der Waals surface area contributed by atoms with E-state index in [1.165, 1.54) is 0 Å². The van der Waals surface area contributed by atoms with E-state index < -0.39 is 6.04 Å². The Morgan fingerprint density at radius 1 is 1.10 bits per heavy atom. The maximum Gasteiger partial charge on any atom is 0.225 e. The van der Waals surface area contributed by atoms with Crippen LogP contribution in [-0.4, -0.2) is 17.7 Å². The summed E-state index contributed by atoms with van der Waals surface area (Å²) in [4.78, 5) is 24.4. The topological polar surface area (TPSA) is 46.2 Å². The number of rotatable bonds is 5. The molecule has 0 saturated carbocycles. The third-order valence-electron chi connectivity index (χ3n) is 3.23. The van der Waals surface area contributed by atoms with E-state index in [1.54, 1.807) is 0 Å². The highest BCUT2D eigenvalue weighted by molar-refractivity contribution is 5.91. The molecule has 0 aromatic heterocycles. The first kappa shape index (κ1) is 16.4. The van der Waals surface area contributed by atoms with E-state index in [0.29, 0.717) is 6.42 Å². The Labute approximate surface area is 121 Å². The first-order valence-electron chi connectivity index (χ1n) is 7.09. The molecule has 3 heteroatoms. The number of ketones is 1. The molecule has 1 amide bonds. The molecule has 0 spiro atoms. The van der Waals surface area contributed by atoms with Gasteiger partial charge in [-0.1, -0.05) is 65.0 Å². The normalized spacial score (nSPS) is 13.1. The van der Waals surface area contributed by atoms with E-state index in [0.717, 1.165) is 5.56 Å². The predicted molar refractivity (Wildman–Crippen MR) is 81.4 cm³/mol. The highest BCUT2D eigenvalue weighted by Crippen LogP contribution is 2.22. The Morgan fingerprint density at radius 2 is 1.65 bits per heavy atom. The number of Topliss-reactive ketones (excluding diaryl/α,β-unsaturated/α-hetero) is 1. The minimum Gasteiger partial charge on any atom is -0.345 e. The molecule has 1 atom stereocenters. The average molecular weight is 275 g/mol. The van der Waals surface area contributed by atoms with E-state index in [2.05, 4.69) is 5.32 Å². The van der Waals surface area contributed by atoms with Crippen LogP contribution in [0.4, 0.5) is 0 Å². The number of hydrogen-bond acceptors (Lipinski definition) is 2. The van der Waals surface area contributed by atoms with Gasteiger partial charge in [0.05, 0.1) is 12.5 Å². The Kier molecular flexibility index (Phi) is 5.49. The number of carbonyl (C=O) groups is 2. The molecule has 1 aromatic carbocycles. The molecule has 1 aromatic rings. The van der Waals surface area contributed by atoms with Crippen molar-refractivity contribution in [3.05, 3.63) is 35.9 Å². The quantitative estimate of drug-likeness (QED) is 0.898. The van der Waals surface area contributed by atoms with Crippen LogP contribution in [0.1, 0.15) is 40.2 Å². The van der Waals surface area contributed by atoms with Crippen molar-refractivity contribution in [3.63, 3.8) is 0 Å². The summed E-state index contributed by atoms with van der Waals surface area (Å²) in [6.07, 6.45) is 0.304. The van der Waals surface area contributed by atoms with E-state index in [-0.39, 0.29) is 23.0 Å². The van der Waals surface area contributed by atoms with E-state index >= 15 is 0 Å². The Morgan fingerprint density at radius 3 is 2.10 bits per heavy atom. The zero-order chi connectivity index (χ0) is 15.3. The van der Waals surface area contributed by atoms with Crippen LogP contribution in [0.5, 0.6) is 0 Å². The number of nitrogens with one attached hydrogen (secondary N) is 1. The standard InChI is InChI=1S/C17H25NO2/c1-12(2)15(20)16(17(3,4)5)18-14(19)11-13-9-7-6-8-10-13/h6-10,12,16H,11H2,1-5H3,(H,18,19). The SMILES string of the molecule is CC(C)C(=O)C(NC(=O)Cc1ccccc1)C(C)(C)C. The molecule has 0 bridgehead atoms. The lowest BCUT2D eigenvalue weighted by atomic mass is 9.81. The summed E-state index contributed by atoms with van der Waals surface area (Å²) in [6.45, 7) is 9.65. The van der Waals surface area contributed by atoms with Crippen LogP contribution in [-0.2, 0) is 16.0 Å². The minimum atomic E-state index is -0.446. The van der Waals surface area contributed by atoms with Gasteiger partial charge in [-0.2, -0.15) is 0 Å². The highest BCUT2D eigenvalue weighted by Gasteiger charge is 2.33. The first-order chi connectivity index (χ1) is 9.21. The summed E-state index contributed by atoms with van der Waals surface area (Å²) in [5.41, 5.74) is 0.669. The van der Waals surface area contributed by atoms with Gasteiger partial charge in [0.25, 0.3) is 0 Å². The fourth-order valence-corrected chi connectivity index (χ4v) is 2.04. The van der Waals surface area contributed by atoms with E-state index in [4.69, 9.17) is 0 Å². The van der Waals surface area contributed by atoms with E-state index in [1.807, 2.05) is 65.0 Å². The molecule has 1 unspecified atom stereocenters. The molecule has 0 aliphatic rings. The molecule has 3 nitrogen and oxygen atoms in total. The maximum absolute atomic E-state index is 12.3. The molecule has 0 fully saturated rings. The summed E-state index contributed by atoms with van der Waals surface area (Å²) in [5.74, 6) is -0.111. The molecule has 0 radical (unpaired) electrons. The number of benzene rings is 1. The zero-order valence-corrected chi connectivity index (χ0v) is 13.1. The van der Waals surface area contributed by atoms with Crippen molar-refractivity contribution in [2.24, 2.45) is 11.3 Å². The van der Waals surface area contributed by atoms with Gasteiger partial charge >= 0.3 is 0 Å². The summed E-state index contributed by atoms with van der Waals surface area (Å²) < 4.78 is 0. The number of carbonyl (C=O) groups excluding carboxylic acids is 2. The van der Waals surface area contributed by atoms with Crippen molar-refractivity contribution in [2.45, 2.75) is 47.1 Å². The second-order valence-corrected chi connectivity index (χ2v) is 6.59. The van der Waals surface area contributed by atoms with Gasteiger partial charge in [-0.15, -0.1) is 0 Å². The van der Waals surface area contributed by atoms with Crippen LogP contribution < -0.4 is 5.32 Å². The van der Waals surface area contributed by atoms with Crippen LogP contribution in [0, 0.1) is 11.3 Å². The van der Waals surface area contributed by atoms with Crippen molar-refractivity contribution in [1.82, 2.24) is 5.32 Å².